The van der Waals surface area contributed by atoms with E-state index in [9.17, 15) is 0 Å². The highest BCUT2D eigenvalue weighted by Crippen LogP contribution is 2.44. The van der Waals surface area contributed by atoms with E-state index >= 15 is 0 Å². The van der Waals surface area contributed by atoms with E-state index in [1.165, 1.54) is 49.8 Å². The van der Waals surface area contributed by atoms with Crippen molar-refractivity contribution in [3.63, 3.8) is 0 Å². The molecule has 1 aromatic rings. The summed E-state index contributed by atoms with van der Waals surface area (Å²) in [5, 5.41) is 0.886. The zero-order valence-corrected chi connectivity index (χ0v) is 13.5. The van der Waals surface area contributed by atoms with Crippen LogP contribution in [0.25, 0.3) is 0 Å². The van der Waals surface area contributed by atoms with Gasteiger partial charge in [-0.25, -0.2) is 9.97 Å². The number of aromatic nitrogens is 2. The number of alkyl halides is 1. The molecule has 0 unspecified atom stereocenters. The highest BCUT2D eigenvalue weighted by atomic mass is 79.9. The summed E-state index contributed by atoms with van der Waals surface area (Å²) in [6.07, 6.45) is 9.81. The lowest BCUT2D eigenvalue weighted by molar-refractivity contribution is 0.220. The summed E-state index contributed by atoms with van der Waals surface area (Å²) in [7, 11) is 0. The van der Waals surface area contributed by atoms with Crippen LogP contribution in [-0.2, 0) is 5.33 Å². The number of nitrogens with zero attached hydrogens (tertiary/aromatic N) is 2. The predicted octanol–water partition coefficient (Wildman–Crippen LogP) is 4.93. The second kappa shape index (κ2) is 5.16. The fraction of sp³-hybridized carbons (Fsp3) is 0.750. The second-order valence-electron chi connectivity index (χ2n) is 6.99. The van der Waals surface area contributed by atoms with Crippen LogP contribution in [-0.4, -0.2) is 9.97 Å². The van der Waals surface area contributed by atoms with Crippen LogP contribution in [0.1, 0.15) is 81.3 Å². The summed E-state index contributed by atoms with van der Waals surface area (Å²) in [6.45, 7) is 4.77. The first-order valence-corrected chi connectivity index (χ1v) is 8.63. The van der Waals surface area contributed by atoms with Crippen LogP contribution in [0, 0.1) is 5.41 Å². The Balaban J connectivity index is 1.80. The highest BCUT2D eigenvalue weighted by Gasteiger charge is 2.31. The molecule has 2 fully saturated rings. The first kappa shape index (κ1) is 13.5. The second-order valence-corrected chi connectivity index (χ2v) is 7.55. The molecule has 0 N–H and O–H groups in total. The lowest BCUT2D eigenvalue weighted by atomic mass is 9.73. The summed E-state index contributed by atoms with van der Waals surface area (Å²) in [5.74, 6) is 2.42. The Morgan fingerprint density at radius 3 is 2.42 bits per heavy atom. The standard InChI is InChI=1S/C16H23BrN2/c1-16(2)7-5-12(6-8-16)15-18-10-13(9-17)14(19-15)11-3-4-11/h10-12H,3-9H2,1-2H3. The Labute approximate surface area is 124 Å². The Bertz CT molecular complexity index is 456. The molecule has 1 heterocycles. The van der Waals surface area contributed by atoms with E-state index in [0.29, 0.717) is 17.3 Å². The molecule has 2 aliphatic rings. The fourth-order valence-corrected chi connectivity index (χ4v) is 3.53. The van der Waals surface area contributed by atoms with Gasteiger partial charge in [0, 0.05) is 28.9 Å². The summed E-state index contributed by atoms with van der Waals surface area (Å²) in [4.78, 5) is 9.59. The normalized spacial score (nSPS) is 23.5. The molecule has 0 bridgehead atoms. The minimum atomic E-state index is 0.519. The van der Waals surface area contributed by atoms with Gasteiger partial charge in [0.2, 0.25) is 0 Å². The highest BCUT2D eigenvalue weighted by molar-refractivity contribution is 9.08. The van der Waals surface area contributed by atoms with Gasteiger partial charge < -0.3 is 0 Å². The molecule has 2 aliphatic carbocycles. The molecule has 0 saturated heterocycles. The van der Waals surface area contributed by atoms with Crippen molar-refractivity contribution in [2.45, 2.75) is 69.5 Å². The molecule has 19 heavy (non-hydrogen) atoms. The fourth-order valence-electron chi connectivity index (χ4n) is 3.10. The van der Waals surface area contributed by atoms with Crippen molar-refractivity contribution in [2.24, 2.45) is 5.41 Å². The van der Waals surface area contributed by atoms with E-state index in [1.807, 2.05) is 0 Å². The van der Waals surface area contributed by atoms with E-state index in [0.717, 1.165) is 11.2 Å². The third-order valence-corrected chi connectivity index (χ3v) is 5.33. The van der Waals surface area contributed by atoms with Crippen molar-refractivity contribution in [3.8, 4) is 0 Å². The number of hydrogen-bond acceptors (Lipinski definition) is 2. The van der Waals surface area contributed by atoms with E-state index in [-0.39, 0.29) is 0 Å². The van der Waals surface area contributed by atoms with Crippen LogP contribution in [0.2, 0.25) is 0 Å². The van der Waals surface area contributed by atoms with Crippen LogP contribution in [0.3, 0.4) is 0 Å². The lowest BCUT2D eigenvalue weighted by Crippen LogP contribution is -2.21. The molecule has 0 amide bonds. The third kappa shape index (κ3) is 3.01. The summed E-state index contributed by atoms with van der Waals surface area (Å²) >= 11 is 3.56. The van der Waals surface area contributed by atoms with E-state index in [2.05, 4.69) is 41.0 Å². The predicted molar refractivity (Wildman–Crippen MR) is 81.6 cm³/mol. The Kier molecular flexibility index (Phi) is 3.67. The molecule has 3 heteroatoms. The molecule has 0 radical (unpaired) electrons. The van der Waals surface area contributed by atoms with E-state index in [1.54, 1.807) is 0 Å². The smallest absolute Gasteiger partial charge is 0.131 e. The number of rotatable bonds is 3. The maximum absolute atomic E-state index is 4.94. The van der Waals surface area contributed by atoms with Crippen LogP contribution in [0.5, 0.6) is 0 Å². The maximum Gasteiger partial charge on any atom is 0.131 e. The Hall–Kier alpha value is -0.440. The van der Waals surface area contributed by atoms with Crippen molar-refractivity contribution in [2.75, 3.05) is 0 Å². The van der Waals surface area contributed by atoms with E-state index < -0.39 is 0 Å². The van der Waals surface area contributed by atoms with Crippen LogP contribution >= 0.6 is 15.9 Å². The first-order chi connectivity index (χ1) is 9.09. The molecule has 0 aromatic carbocycles. The molecule has 1 aromatic heterocycles. The summed E-state index contributed by atoms with van der Waals surface area (Å²) < 4.78 is 0. The van der Waals surface area contributed by atoms with Gasteiger partial charge in [-0.1, -0.05) is 29.8 Å². The van der Waals surface area contributed by atoms with Crippen molar-refractivity contribution in [3.05, 3.63) is 23.3 Å². The van der Waals surface area contributed by atoms with Crippen molar-refractivity contribution < 1.29 is 0 Å². The third-order valence-electron chi connectivity index (χ3n) is 4.73. The van der Waals surface area contributed by atoms with Gasteiger partial charge in [-0.2, -0.15) is 0 Å². The average Bonchev–Trinajstić information content (AvgIpc) is 3.22. The van der Waals surface area contributed by atoms with Gasteiger partial charge in [0.05, 0.1) is 5.69 Å². The quantitative estimate of drug-likeness (QED) is 0.737. The minimum Gasteiger partial charge on any atom is -0.241 e. The molecule has 104 valence electrons. The van der Waals surface area contributed by atoms with Crippen molar-refractivity contribution >= 4 is 15.9 Å². The Morgan fingerprint density at radius 1 is 1.16 bits per heavy atom. The van der Waals surface area contributed by atoms with Crippen molar-refractivity contribution in [1.82, 2.24) is 9.97 Å². The van der Waals surface area contributed by atoms with Gasteiger partial charge in [-0.3, -0.25) is 0 Å². The van der Waals surface area contributed by atoms with Gasteiger partial charge in [0.25, 0.3) is 0 Å². The van der Waals surface area contributed by atoms with Gasteiger partial charge in [-0.15, -0.1) is 0 Å². The Morgan fingerprint density at radius 2 is 1.84 bits per heavy atom. The largest absolute Gasteiger partial charge is 0.241 e. The van der Waals surface area contributed by atoms with Crippen LogP contribution < -0.4 is 0 Å². The van der Waals surface area contributed by atoms with E-state index in [4.69, 9.17) is 4.98 Å². The molecular formula is C16H23BrN2. The topological polar surface area (TPSA) is 25.8 Å². The molecular weight excluding hydrogens is 300 g/mol. The molecule has 2 nitrogen and oxygen atoms in total. The average molecular weight is 323 g/mol. The number of hydrogen-bond donors (Lipinski definition) is 0. The van der Waals surface area contributed by atoms with Crippen LogP contribution in [0.15, 0.2) is 6.20 Å². The van der Waals surface area contributed by atoms with Gasteiger partial charge in [-0.05, 0) is 43.9 Å². The maximum atomic E-state index is 4.94. The zero-order chi connectivity index (χ0) is 13.5. The monoisotopic (exact) mass is 322 g/mol. The van der Waals surface area contributed by atoms with Gasteiger partial charge >= 0.3 is 0 Å². The summed E-state index contributed by atoms with van der Waals surface area (Å²) in [6, 6.07) is 0. The SMILES string of the molecule is CC1(C)CCC(c2ncc(CBr)c(C3CC3)n2)CC1. The van der Waals surface area contributed by atoms with Gasteiger partial charge in [0.15, 0.2) is 0 Å². The molecule has 2 saturated carbocycles. The molecule has 0 aliphatic heterocycles. The molecule has 0 spiro atoms. The lowest BCUT2D eigenvalue weighted by Gasteiger charge is -2.33. The minimum absolute atomic E-state index is 0.519. The zero-order valence-electron chi connectivity index (χ0n) is 12.0. The number of halogens is 1. The summed E-state index contributed by atoms with van der Waals surface area (Å²) in [5.41, 5.74) is 3.14. The molecule has 3 rings (SSSR count). The van der Waals surface area contributed by atoms with Crippen molar-refractivity contribution in [1.29, 1.82) is 0 Å². The van der Waals surface area contributed by atoms with Crippen LogP contribution in [0.4, 0.5) is 0 Å². The molecule has 0 atom stereocenters. The first-order valence-electron chi connectivity index (χ1n) is 7.51. The van der Waals surface area contributed by atoms with Gasteiger partial charge in [0.1, 0.15) is 5.82 Å².